The van der Waals surface area contributed by atoms with Crippen LogP contribution in [0.25, 0.3) is 0 Å². The van der Waals surface area contributed by atoms with Gasteiger partial charge in [-0.15, -0.1) is 0 Å². The molecular formula is C15H18ClNO3. The van der Waals surface area contributed by atoms with Gasteiger partial charge in [-0.25, -0.2) is 0 Å². The second-order valence-corrected chi connectivity index (χ2v) is 4.59. The first-order chi connectivity index (χ1) is 9.67. The third-order valence-electron chi connectivity index (χ3n) is 2.85. The number of benzene rings is 1. The lowest BCUT2D eigenvalue weighted by atomic mass is 10.0. The van der Waals surface area contributed by atoms with Gasteiger partial charge >= 0.3 is 0 Å². The van der Waals surface area contributed by atoms with E-state index in [0.717, 1.165) is 5.56 Å². The Hall–Kier alpha value is -1.65. The van der Waals surface area contributed by atoms with E-state index in [9.17, 15) is 0 Å². The summed E-state index contributed by atoms with van der Waals surface area (Å²) >= 11 is 6.29. The van der Waals surface area contributed by atoms with Crippen LogP contribution in [0.4, 0.5) is 0 Å². The molecule has 5 heteroatoms. The lowest BCUT2D eigenvalue weighted by Gasteiger charge is -2.16. The number of ether oxygens (including phenoxy) is 2. The fourth-order valence-electron chi connectivity index (χ4n) is 1.95. The van der Waals surface area contributed by atoms with E-state index in [1.165, 1.54) is 0 Å². The van der Waals surface area contributed by atoms with Gasteiger partial charge in [0.2, 0.25) is 0 Å². The quantitative estimate of drug-likeness (QED) is 0.881. The molecular weight excluding hydrogens is 278 g/mol. The van der Waals surface area contributed by atoms with E-state index in [2.05, 4.69) is 0 Å². The minimum Gasteiger partial charge on any atom is -0.490 e. The van der Waals surface area contributed by atoms with E-state index in [1.54, 1.807) is 18.4 Å². The van der Waals surface area contributed by atoms with Crippen molar-refractivity contribution in [1.29, 1.82) is 0 Å². The third kappa shape index (κ3) is 3.08. The van der Waals surface area contributed by atoms with Crippen molar-refractivity contribution >= 4 is 11.6 Å². The predicted octanol–water partition coefficient (Wildman–Crippen LogP) is 3.78. The molecule has 0 amide bonds. The molecule has 1 atom stereocenters. The monoisotopic (exact) mass is 295 g/mol. The maximum absolute atomic E-state index is 6.29. The van der Waals surface area contributed by atoms with Crippen LogP contribution >= 0.6 is 11.6 Å². The maximum atomic E-state index is 6.29. The van der Waals surface area contributed by atoms with Crippen LogP contribution in [0.5, 0.6) is 11.5 Å². The molecule has 0 spiro atoms. The molecule has 0 fully saturated rings. The van der Waals surface area contributed by atoms with Gasteiger partial charge in [0.1, 0.15) is 5.76 Å². The molecule has 0 saturated carbocycles. The summed E-state index contributed by atoms with van der Waals surface area (Å²) in [6, 6.07) is 6.71. The summed E-state index contributed by atoms with van der Waals surface area (Å²) in [4.78, 5) is 0. The van der Waals surface area contributed by atoms with Crippen molar-refractivity contribution in [2.75, 3.05) is 13.2 Å². The standard InChI is InChI=1S/C15H18ClNO3/c1-3-18-13-8-10(11(16)9-14(13)19-4-2)15(17)12-6-5-7-20-12/h5-9,15H,3-4,17H2,1-2H3. The van der Waals surface area contributed by atoms with Gasteiger partial charge in [0, 0.05) is 11.1 Å². The SMILES string of the molecule is CCOc1cc(Cl)c(C(N)c2ccco2)cc1OCC. The minimum atomic E-state index is -0.438. The summed E-state index contributed by atoms with van der Waals surface area (Å²) in [5.41, 5.74) is 6.92. The number of hydrogen-bond donors (Lipinski definition) is 1. The molecule has 0 aliphatic rings. The van der Waals surface area contributed by atoms with Gasteiger partial charge in [0.15, 0.2) is 11.5 Å². The Kier molecular flexibility index (Phi) is 4.93. The van der Waals surface area contributed by atoms with Crippen molar-refractivity contribution in [3.8, 4) is 11.5 Å². The Morgan fingerprint density at radius 2 is 1.85 bits per heavy atom. The van der Waals surface area contributed by atoms with Crippen LogP contribution in [0.15, 0.2) is 34.9 Å². The van der Waals surface area contributed by atoms with Crippen LogP contribution < -0.4 is 15.2 Å². The molecule has 2 aromatic rings. The highest BCUT2D eigenvalue weighted by Crippen LogP contribution is 2.37. The van der Waals surface area contributed by atoms with Crippen molar-refractivity contribution in [2.45, 2.75) is 19.9 Å². The molecule has 1 heterocycles. The predicted molar refractivity (Wildman–Crippen MR) is 78.5 cm³/mol. The molecule has 108 valence electrons. The lowest BCUT2D eigenvalue weighted by molar-refractivity contribution is 0.287. The highest BCUT2D eigenvalue weighted by Gasteiger charge is 2.19. The molecule has 2 rings (SSSR count). The summed E-state index contributed by atoms with van der Waals surface area (Å²) in [5.74, 6) is 1.91. The molecule has 2 N–H and O–H groups in total. The number of hydrogen-bond acceptors (Lipinski definition) is 4. The summed E-state index contributed by atoms with van der Waals surface area (Å²) in [6.45, 7) is 4.90. The zero-order valence-corrected chi connectivity index (χ0v) is 12.3. The summed E-state index contributed by atoms with van der Waals surface area (Å²) in [6.07, 6.45) is 1.58. The number of nitrogens with two attached hydrogens (primary N) is 1. The van der Waals surface area contributed by atoms with Crippen LogP contribution in [0.2, 0.25) is 5.02 Å². The fraction of sp³-hybridized carbons (Fsp3) is 0.333. The van der Waals surface area contributed by atoms with E-state index >= 15 is 0 Å². The number of rotatable bonds is 6. The van der Waals surface area contributed by atoms with Gasteiger partial charge in [0.25, 0.3) is 0 Å². The van der Waals surface area contributed by atoms with Crippen molar-refractivity contribution in [3.05, 3.63) is 46.9 Å². The summed E-state index contributed by atoms with van der Waals surface area (Å²) in [5, 5.41) is 0.529. The van der Waals surface area contributed by atoms with Gasteiger partial charge in [-0.3, -0.25) is 0 Å². The Labute approximate surface area is 123 Å². The Morgan fingerprint density at radius 3 is 2.40 bits per heavy atom. The molecule has 0 bridgehead atoms. The molecule has 20 heavy (non-hydrogen) atoms. The van der Waals surface area contributed by atoms with Gasteiger partial charge < -0.3 is 19.6 Å². The van der Waals surface area contributed by atoms with Crippen molar-refractivity contribution in [3.63, 3.8) is 0 Å². The maximum Gasteiger partial charge on any atom is 0.162 e. The van der Waals surface area contributed by atoms with Crippen LogP contribution in [0.3, 0.4) is 0 Å². The Morgan fingerprint density at radius 1 is 1.20 bits per heavy atom. The van der Waals surface area contributed by atoms with Gasteiger partial charge in [0.05, 0.1) is 25.5 Å². The van der Waals surface area contributed by atoms with Gasteiger partial charge in [-0.05, 0) is 37.6 Å². The molecule has 4 nitrogen and oxygen atoms in total. The van der Waals surface area contributed by atoms with Gasteiger partial charge in [-0.2, -0.15) is 0 Å². The molecule has 1 unspecified atom stereocenters. The average Bonchev–Trinajstić information content (AvgIpc) is 2.95. The smallest absolute Gasteiger partial charge is 0.162 e. The Balaban J connectivity index is 2.40. The highest BCUT2D eigenvalue weighted by molar-refractivity contribution is 6.31. The Bertz CT molecular complexity index is 554. The zero-order valence-electron chi connectivity index (χ0n) is 11.6. The normalized spacial score (nSPS) is 12.2. The topological polar surface area (TPSA) is 57.6 Å². The number of halogens is 1. The molecule has 0 radical (unpaired) electrons. The average molecular weight is 296 g/mol. The number of furan rings is 1. The van der Waals surface area contributed by atoms with Crippen LogP contribution in [0.1, 0.15) is 31.2 Å². The summed E-state index contributed by atoms with van der Waals surface area (Å²) < 4.78 is 16.4. The van der Waals surface area contributed by atoms with Crippen molar-refractivity contribution < 1.29 is 13.9 Å². The van der Waals surface area contributed by atoms with Crippen molar-refractivity contribution in [2.24, 2.45) is 5.73 Å². The van der Waals surface area contributed by atoms with E-state index < -0.39 is 6.04 Å². The largest absolute Gasteiger partial charge is 0.490 e. The van der Waals surface area contributed by atoms with Crippen molar-refractivity contribution in [1.82, 2.24) is 0 Å². The van der Waals surface area contributed by atoms with E-state index in [4.69, 9.17) is 31.2 Å². The van der Waals surface area contributed by atoms with Crippen LogP contribution in [-0.4, -0.2) is 13.2 Å². The lowest BCUT2D eigenvalue weighted by Crippen LogP contribution is -2.12. The first kappa shape index (κ1) is 14.8. The molecule has 1 aromatic heterocycles. The van der Waals surface area contributed by atoms with E-state index in [-0.39, 0.29) is 0 Å². The van der Waals surface area contributed by atoms with Crippen LogP contribution in [-0.2, 0) is 0 Å². The summed E-state index contributed by atoms with van der Waals surface area (Å²) in [7, 11) is 0. The fourth-order valence-corrected chi connectivity index (χ4v) is 2.22. The molecule has 0 saturated heterocycles. The molecule has 0 aliphatic carbocycles. The van der Waals surface area contributed by atoms with Gasteiger partial charge in [-0.1, -0.05) is 11.6 Å². The van der Waals surface area contributed by atoms with E-state index in [1.807, 2.05) is 26.0 Å². The molecule has 0 aliphatic heterocycles. The third-order valence-corrected chi connectivity index (χ3v) is 3.17. The second-order valence-electron chi connectivity index (χ2n) is 4.18. The van der Waals surface area contributed by atoms with E-state index in [0.29, 0.717) is 35.5 Å². The molecule has 1 aromatic carbocycles. The first-order valence-corrected chi connectivity index (χ1v) is 6.93. The second kappa shape index (κ2) is 6.68. The minimum absolute atomic E-state index is 0.438. The first-order valence-electron chi connectivity index (χ1n) is 6.55. The highest BCUT2D eigenvalue weighted by atomic mass is 35.5. The van der Waals surface area contributed by atoms with Crippen LogP contribution in [0, 0.1) is 0 Å². The zero-order chi connectivity index (χ0) is 14.5.